The van der Waals surface area contributed by atoms with E-state index >= 15 is 0 Å². The molecule has 1 heterocycles. The van der Waals surface area contributed by atoms with Crippen molar-refractivity contribution in [3.05, 3.63) is 29.6 Å². The smallest absolute Gasteiger partial charge is 0.153 e. The maximum atomic E-state index is 13.8. The molecule has 0 N–H and O–H groups in total. The third kappa shape index (κ3) is 2.94. The van der Waals surface area contributed by atoms with Crippen molar-refractivity contribution >= 4 is 22.6 Å². The number of benzene rings is 1. The maximum Gasteiger partial charge on any atom is 0.153 e. The van der Waals surface area contributed by atoms with Crippen LogP contribution in [-0.2, 0) is 17.2 Å². The van der Waals surface area contributed by atoms with Crippen LogP contribution in [0.4, 0.5) is 8.78 Å². The van der Waals surface area contributed by atoms with Crippen LogP contribution >= 0.6 is 11.6 Å². The molecule has 6 heteroatoms. The molecule has 0 saturated carbocycles. The number of halogens is 3. The van der Waals surface area contributed by atoms with Crippen LogP contribution in [0.3, 0.4) is 0 Å². The molecule has 1 aromatic heterocycles. The predicted molar refractivity (Wildman–Crippen MR) is 74.9 cm³/mol. The van der Waals surface area contributed by atoms with E-state index in [0.29, 0.717) is 24.5 Å². The minimum Gasteiger partial charge on any atom is -0.374 e. The molecule has 0 fully saturated rings. The van der Waals surface area contributed by atoms with Gasteiger partial charge in [0.1, 0.15) is 17.2 Å². The zero-order chi connectivity index (χ0) is 14.9. The van der Waals surface area contributed by atoms with Crippen LogP contribution in [0.5, 0.6) is 0 Å². The van der Waals surface area contributed by atoms with Crippen molar-refractivity contribution in [2.75, 3.05) is 6.61 Å². The topological polar surface area (TPSA) is 27.1 Å². The number of aromatic nitrogens is 2. The summed E-state index contributed by atoms with van der Waals surface area (Å²) in [5.41, 5.74) is 0.0479. The average molecular weight is 303 g/mol. The van der Waals surface area contributed by atoms with Gasteiger partial charge in [-0.15, -0.1) is 11.6 Å². The molecular formula is C14H17ClF2N2O. The number of hydrogen-bond acceptors (Lipinski definition) is 2. The van der Waals surface area contributed by atoms with Gasteiger partial charge in [0.15, 0.2) is 5.82 Å². The van der Waals surface area contributed by atoms with Gasteiger partial charge >= 0.3 is 0 Å². The quantitative estimate of drug-likeness (QED) is 0.784. The molecule has 0 aliphatic rings. The molecule has 110 valence electrons. The van der Waals surface area contributed by atoms with Crippen LogP contribution in [0, 0.1) is 11.6 Å². The minimum atomic E-state index is -0.681. The molecule has 3 nitrogen and oxygen atoms in total. The van der Waals surface area contributed by atoms with E-state index in [9.17, 15) is 8.78 Å². The fraction of sp³-hybridized carbons (Fsp3) is 0.500. The van der Waals surface area contributed by atoms with Crippen molar-refractivity contribution < 1.29 is 13.5 Å². The van der Waals surface area contributed by atoms with E-state index in [1.807, 2.05) is 20.8 Å². The zero-order valence-electron chi connectivity index (χ0n) is 11.7. The normalized spacial score (nSPS) is 12.3. The molecule has 2 rings (SSSR count). The Morgan fingerprint density at radius 2 is 2.05 bits per heavy atom. The Balaban J connectivity index is 2.56. The summed E-state index contributed by atoms with van der Waals surface area (Å²) in [6.45, 7) is 6.70. The number of fused-ring (bicyclic) bond motifs is 1. The van der Waals surface area contributed by atoms with Gasteiger partial charge in [-0.25, -0.2) is 13.8 Å². The molecule has 2 aromatic rings. The van der Waals surface area contributed by atoms with Crippen molar-refractivity contribution in [2.45, 2.75) is 38.8 Å². The molecule has 1 aromatic carbocycles. The van der Waals surface area contributed by atoms with Crippen LogP contribution in [0.2, 0.25) is 0 Å². The van der Waals surface area contributed by atoms with Crippen LogP contribution in [0.25, 0.3) is 11.0 Å². The molecular weight excluding hydrogens is 286 g/mol. The van der Waals surface area contributed by atoms with Crippen LogP contribution in [-0.4, -0.2) is 21.8 Å². The minimum absolute atomic E-state index is 0.123. The summed E-state index contributed by atoms with van der Waals surface area (Å²) in [6.07, 6.45) is 0. The maximum absolute atomic E-state index is 13.8. The monoisotopic (exact) mass is 302 g/mol. The first-order chi connectivity index (χ1) is 9.38. The van der Waals surface area contributed by atoms with E-state index < -0.39 is 17.2 Å². The standard InChI is InChI=1S/C14H17ClF2N2O/c1-4-20-14(2,3)8-19-11-6-9(16)5-10(17)13(11)18-12(19)7-15/h5-6H,4,7-8H2,1-3H3. The summed E-state index contributed by atoms with van der Waals surface area (Å²) < 4.78 is 34.5. The summed E-state index contributed by atoms with van der Waals surface area (Å²) in [7, 11) is 0. The Kier molecular flexibility index (Phi) is 4.30. The average Bonchev–Trinajstić information content (AvgIpc) is 2.67. The summed E-state index contributed by atoms with van der Waals surface area (Å²) in [4.78, 5) is 4.15. The summed E-state index contributed by atoms with van der Waals surface area (Å²) in [6, 6.07) is 2.09. The number of imidazole rings is 1. The molecule has 0 unspecified atom stereocenters. The lowest BCUT2D eigenvalue weighted by Crippen LogP contribution is -2.31. The van der Waals surface area contributed by atoms with E-state index in [2.05, 4.69) is 4.98 Å². The largest absolute Gasteiger partial charge is 0.374 e. The molecule has 0 spiro atoms. The highest BCUT2D eigenvalue weighted by molar-refractivity contribution is 6.16. The second-order valence-corrected chi connectivity index (χ2v) is 5.46. The van der Waals surface area contributed by atoms with E-state index in [0.717, 1.165) is 6.07 Å². The molecule has 0 amide bonds. The van der Waals surface area contributed by atoms with Gasteiger partial charge in [0.05, 0.1) is 23.5 Å². The Bertz CT molecular complexity index is 625. The number of rotatable bonds is 5. The Labute approximate surface area is 121 Å². The number of ether oxygens (including phenoxy) is 1. The van der Waals surface area contributed by atoms with Gasteiger partial charge in [-0.05, 0) is 26.8 Å². The van der Waals surface area contributed by atoms with Gasteiger partial charge in [0.25, 0.3) is 0 Å². The molecule has 0 radical (unpaired) electrons. The van der Waals surface area contributed by atoms with Crippen molar-refractivity contribution in [1.82, 2.24) is 9.55 Å². The summed E-state index contributed by atoms with van der Waals surface area (Å²) >= 11 is 5.86. The van der Waals surface area contributed by atoms with E-state index in [-0.39, 0.29) is 11.4 Å². The Morgan fingerprint density at radius 3 is 2.65 bits per heavy atom. The lowest BCUT2D eigenvalue weighted by Gasteiger charge is -2.26. The van der Waals surface area contributed by atoms with Gasteiger partial charge in [-0.3, -0.25) is 0 Å². The highest BCUT2D eigenvalue weighted by atomic mass is 35.5. The van der Waals surface area contributed by atoms with Gasteiger partial charge in [-0.2, -0.15) is 0 Å². The fourth-order valence-electron chi connectivity index (χ4n) is 2.29. The third-order valence-corrected chi connectivity index (χ3v) is 3.28. The van der Waals surface area contributed by atoms with Crippen LogP contribution in [0.1, 0.15) is 26.6 Å². The molecule has 0 aliphatic carbocycles. The second kappa shape index (κ2) is 5.66. The number of alkyl halides is 1. The molecule has 20 heavy (non-hydrogen) atoms. The molecule has 0 atom stereocenters. The van der Waals surface area contributed by atoms with Gasteiger partial charge in [0, 0.05) is 12.7 Å². The fourth-order valence-corrected chi connectivity index (χ4v) is 2.50. The highest BCUT2D eigenvalue weighted by Crippen LogP contribution is 2.25. The Morgan fingerprint density at radius 1 is 1.35 bits per heavy atom. The van der Waals surface area contributed by atoms with E-state index in [1.54, 1.807) is 4.57 Å². The number of nitrogens with zero attached hydrogens (tertiary/aromatic N) is 2. The molecule has 0 bridgehead atoms. The zero-order valence-corrected chi connectivity index (χ0v) is 12.5. The lowest BCUT2D eigenvalue weighted by molar-refractivity contribution is -0.0220. The van der Waals surface area contributed by atoms with Crippen molar-refractivity contribution in [3.8, 4) is 0 Å². The van der Waals surface area contributed by atoms with E-state index in [1.165, 1.54) is 6.07 Å². The molecule has 0 saturated heterocycles. The van der Waals surface area contributed by atoms with Gasteiger partial charge in [-0.1, -0.05) is 0 Å². The first-order valence-electron chi connectivity index (χ1n) is 6.42. The molecule has 0 aliphatic heterocycles. The Hall–Kier alpha value is -1.20. The highest BCUT2D eigenvalue weighted by Gasteiger charge is 2.23. The van der Waals surface area contributed by atoms with Gasteiger partial charge < -0.3 is 9.30 Å². The number of hydrogen-bond donors (Lipinski definition) is 0. The van der Waals surface area contributed by atoms with Crippen LogP contribution in [0.15, 0.2) is 12.1 Å². The summed E-state index contributed by atoms with van der Waals surface area (Å²) in [5, 5.41) is 0. The lowest BCUT2D eigenvalue weighted by atomic mass is 10.1. The van der Waals surface area contributed by atoms with Gasteiger partial charge in [0.2, 0.25) is 0 Å². The summed E-state index contributed by atoms with van der Waals surface area (Å²) in [5.74, 6) is -0.692. The third-order valence-electron chi connectivity index (χ3n) is 3.04. The first-order valence-corrected chi connectivity index (χ1v) is 6.95. The van der Waals surface area contributed by atoms with Crippen LogP contribution < -0.4 is 0 Å². The van der Waals surface area contributed by atoms with Crippen molar-refractivity contribution in [2.24, 2.45) is 0 Å². The second-order valence-electron chi connectivity index (χ2n) is 5.20. The SMILES string of the molecule is CCOC(C)(C)Cn1c(CCl)nc2c(F)cc(F)cc21. The predicted octanol–water partition coefficient (Wildman–Crippen LogP) is 3.87. The first kappa shape index (κ1) is 15.2. The van der Waals surface area contributed by atoms with Crippen molar-refractivity contribution in [1.29, 1.82) is 0 Å². The van der Waals surface area contributed by atoms with Crippen molar-refractivity contribution in [3.63, 3.8) is 0 Å². The van der Waals surface area contributed by atoms with E-state index in [4.69, 9.17) is 16.3 Å².